The molecule has 0 bridgehead atoms. The molecule has 1 amide bonds. The average molecular weight is 330 g/mol. The highest BCUT2D eigenvalue weighted by Gasteiger charge is 2.27. The highest BCUT2D eigenvalue weighted by molar-refractivity contribution is 9.10. The lowest BCUT2D eigenvalue weighted by Crippen LogP contribution is -2.37. The Balaban J connectivity index is 1.91. The molecule has 1 saturated carbocycles. The van der Waals surface area contributed by atoms with Crippen LogP contribution in [0, 0.1) is 0 Å². The maximum atomic E-state index is 12.1. The Morgan fingerprint density at radius 3 is 2.89 bits per heavy atom. The summed E-state index contributed by atoms with van der Waals surface area (Å²) in [4.78, 5) is 11.8. The predicted octanol–water partition coefficient (Wildman–Crippen LogP) is 2.36. The van der Waals surface area contributed by atoms with Crippen LogP contribution in [0.5, 0.6) is 0 Å². The monoisotopic (exact) mass is 329 g/mol. The van der Waals surface area contributed by atoms with E-state index in [1.54, 1.807) is 6.92 Å². The molecule has 3 nitrogen and oxygen atoms in total. The molecular formula is C13H16BrNO2S. The normalized spacial score (nSPS) is 18.1. The lowest BCUT2D eigenvalue weighted by Gasteiger charge is -2.11. The van der Waals surface area contributed by atoms with Crippen LogP contribution in [0.1, 0.15) is 25.3 Å². The largest absolute Gasteiger partial charge is 0.352 e. The Labute approximate surface area is 118 Å². The highest BCUT2D eigenvalue weighted by Crippen LogP contribution is 2.19. The molecule has 1 N–H and O–H groups in total. The second kappa shape index (κ2) is 5.97. The van der Waals surface area contributed by atoms with E-state index in [2.05, 4.69) is 21.2 Å². The fraction of sp³-hybridized carbons (Fsp3) is 0.462. The van der Waals surface area contributed by atoms with E-state index in [0.717, 1.165) is 22.9 Å². The summed E-state index contributed by atoms with van der Waals surface area (Å²) >= 11 is 3.38. The topological polar surface area (TPSA) is 46.2 Å². The lowest BCUT2D eigenvalue weighted by molar-refractivity contribution is -0.120. The standard InChI is InChI=1S/C13H16BrNO2S/c1-9(13(16)15-12-5-6-12)18(17)8-10-3-2-4-11(14)7-10/h2-4,7,9,12H,5-6,8H2,1H3,(H,15,16)/t9-,18+/m1/s1. The van der Waals surface area contributed by atoms with Crippen LogP contribution in [0.15, 0.2) is 28.7 Å². The van der Waals surface area contributed by atoms with E-state index in [1.165, 1.54) is 0 Å². The second-order valence-corrected chi connectivity index (χ2v) is 7.25. The van der Waals surface area contributed by atoms with Crippen LogP contribution in [0.2, 0.25) is 0 Å². The molecule has 0 saturated heterocycles. The van der Waals surface area contributed by atoms with E-state index >= 15 is 0 Å². The number of hydrogen-bond acceptors (Lipinski definition) is 2. The molecule has 1 aliphatic carbocycles. The zero-order chi connectivity index (χ0) is 13.1. The summed E-state index contributed by atoms with van der Waals surface area (Å²) in [5.41, 5.74) is 0.980. The number of halogens is 1. The fourth-order valence-corrected chi connectivity index (χ4v) is 3.09. The predicted molar refractivity (Wildman–Crippen MR) is 76.6 cm³/mol. The number of carbonyl (C=O) groups is 1. The summed E-state index contributed by atoms with van der Waals surface area (Å²) in [6, 6.07) is 8.02. The summed E-state index contributed by atoms with van der Waals surface area (Å²) in [6.45, 7) is 1.73. The molecule has 2 rings (SSSR count). The maximum Gasteiger partial charge on any atom is 0.235 e. The van der Waals surface area contributed by atoms with Gasteiger partial charge in [-0.15, -0.1) is 0 Å². The van der Waals surface area contributed by atoms with E-state index in [9.17, 15) is 9.00 Å². The van der Waals surface area contributed by atoms with E-state index in [-0.39, 0.29) is 5.91 Å². The third-order valence-corrected chi connectivity index (χ3v) is 5.00. The van der Waals surface area contributed by atoms with Gasteiger partial charge in [0.05, 0.1) is 0 Å². The zero-order valence-electron chi connectivity index (χ0n) is 10.2. The molecule has 1 aromatic carbocycles. The molecule has 0 heterocycles. The molecule has 0 aliphatic heterocycles. The minimum atomic E-state index is -1.18. The molecule has 1 aliphatic rings. The van der Waals surface area contributed by atoms with Crippen molar-refractivity contribution < 1.29 is 9.00 Å². The molecule has 0 spiro atoms. The van der Waals surface area contributed by atoms with Crippen LogP contribution in [0.3, 0.4) is 0 Å². The summed E-state index contributed by atoms with van der Waals surface area (Å²) in [5.74, 6) is 0.324. The molecule has 5 heteroatoms. The van der Waals surface area contributed by atoms with Gasteiger partial charge in [-0.2, -0.15) is 0 Å². The molecule has 0 unspecified atom stereocenters. The van der Waals surface area contributed by atoms with Gasteiger partial charge >= 0.3 is 0 Å². The first-order valence-corrected chi connectivity index (χ1v) is 8.16. The summed E-state index contributed by atoms with van der Waals surface area (Å²) in [5, 5.41) is 2.44. The molecule has 98 valence electrons. The SMILES string of the molecule is C[C@H](C(=O)NC1CC1)[S@@](=O)Cc1cccc(Br)c1. The van der Waals surface area contributed by atoms with Crippen molar-refractivity contribution in [3.63, 3.8) is 0 Å². The van der Waals surface area contributed by atoms with E-state index in [4.69, 9.17) is 0 Å². The van der Waals surface area contributed by atoms with E-state index in [1.807, 2.05) is 24.3 Å². The van der Waals surface area contributed by atoms with Gasteiger partial charge in [-0.25, -0.2) is 0 Å². The molecule has 1 aromatic rings. The van der Waals surface area contributed by atoms with E-state index in [0.29, 0.717) is 11.8 Å². The number of hydrogen-bond donors (Lipinski definition) is 1. The summed E-state index contributed by atoms with van der Waals surface area (Å²) in [6.07, 6.45) is 2.10. The number of carbonyl (C=O) groups excluding carboxylic acids is 1. The van der Waals surface area contributed by atoms with Crippen molar-refractivity contribution in [2.45, 2.75) is 36.8 Å². The van der Waals surface area contributed by atoms with Gasteiger partial charge in [0, 0.05) is 27.1 Å². The van der Waals surface area contributed by atoms with E-state index < -0.39 is 16.0 Å². The third-order valence-electron chi connectivity index (χ3n) is 2.89. The Morgan fingerprint density at radius 1 is 1.56 bits per heavy atom. The number of rotatable bonds is 5. The Morgan fingerprint density at radius 2 is 2.28 bits per heavy atom. The van der Waals surface area contributed by atoms with Crippen LogP contribution in [-0.4, -0.2) is 21.4 Å². The van der Waals surface area contributed by atoms with Gasteiger partial charge in [-0.1, -0.05) is 28.1 Å². The molecule has 1 fully saturated rings. The number of benzene rings is 1. The van der Waals surface area contributed by atoms with Crippen LogP contribution in [0.25, 0.3) is 0 Å². The quantitative estimate of drug-likeness (QED) is 0.901. The van der Waals surface area contributed by atoms with Gasteiger partial charge in [0.15, 0.2) is 0 Å². The number of nitrogens with one attached hydrogen (secondary N) is 1. The van der Waals surface area contributed by atoms with Crippen LogP contribution < -0.4 is 5.32 Å². The van der Waals surface area contributed by atoms with Gasteiger partial charge < -0.3 is 5.32 Å². The Kier molecular flexibility index (Phi) is 4.56. The molecular weight excluding hydrogens is 314 g/mol. The van der Waals surface area contributed by atoms with Crippen molar-refractivity contribution in [1.29, 1.82) is 0 Å². The smallest absolute Gasteiger partial charge is 0.235 e. The fourth-order valence-electron chi connectivity index (χ4n) is 1.58. The van der Waals surface area contributed by atoms with Crippen LogP contribution in [0.4, 0.5) is 0 Å². The first kappa shape index (κ1) is 13.7. The van der Waals surface area contributed by atoms with Crippen molar-refractivity contribution in [2.75, 3.05) is 0 Å². The van der Waals surface area contributed by atoms with Crippen molar-refractivity contribution in [3.05, 3.63) is 34.3 Å². The van der Waals surface area contributed by atoms with Crippen molar-refractivity contribution in [3.8, 4) is 0 Å². The first-order chi connectivity index (χ1) is 8.56. The summed E-state index contributed by atoms with van der Waals surface area (Å²) in [7, 11) is -1.18. The summed E-state index contributed by atoms with van der Waals surface area (Å²) < 4.78 is 13.1. The van der Waals surface area contributed by atoms with Gasteiger partial charge in [0.1, 0.15) is 5.25 Å². The third kappa shape index (κ3) is 3.92. The molecule has 2 atom stereocenters. The van der Waals surface area contributed by atoms with Crippen molar-refractivity contribution >= 4 is 32.6 Å². The lowest BCUT2D eigenvalue weighted by atomic mass is 10.2. The number of amides is 1. The first-order valence-electron chi connectivity index (χ1n) is 5.98. The Bertz CT molecular complexity index is 474. The highest BCUT2D eigenvalue weighted by atomic mass is 79.9. The zero-order valence-corrected chi connectivity index (χ0v) is 12.6. The minimum Gasteiger partial charge on any atom is -0.352 e. The van der Waals surface area contributed by atoms with Crippen LogP contribution >= 0.6 is 15.9 Å². The van der Waals surface area contributed by atoms with Gasteiger partial charge in [-0.3, -0.25) is 9.00 Å². The van der Waals surface area contributed by atoms with Crippen LogP contribution in [-0.2, 0) is 21.3 Å². The van der Waals surface area contributed by atoms with Crippen molar-refractivity contribution in [1.82, 2.24) is 5.32 Å². The molecule has 18 heavy (non-hydrogen) atoms. The molecule has 0 radical (unpaired) electrons. The molecule has 0 aromatic heterocycles. The van der Waals surface area contributed by atoms with Gasteiger partial charge in [0.25, 0.3) is 0 Å². The maximum absolute atomic E-state index is 12.1. The van der Waals surface area contributed by atoms with Gasteiger partial charge in [0.2, 0.25) is 5.91 Å². The second-order valence-electron chi connectivity index (χ2n) is 4.58. The average Bonchev–Trinajstić information content (AvgIpc) is 3.11. The minimum absolute atomic E-state index is 0.0918. The van der Waals surface area contributed by atoms with Crippen molar-refractivity contribution in [2.24, 2.45) is 0 Å². The van der Waals surface area contributed by atoms with Gasteiger partial charge in [-0.05, 0) is 37.5 Å². The Hall–Kier alpha value is -0.680.